The zero-order chi connectivity index (χ0) is 24.0. The molecule has 3 aromatic rings. The maximum Gasteiger partial charge on any atom is 0.329 e. The summed E-state index contributed by atoms with van der Waals surface area (Å²) in [5, 5.41) is 14.6. The largest absolute Gasteiger partial charge is 0.491 e. The van der Waals surface area contributed by atoms with Gasteiger partial charge in [-0.1, -0.05) is 44.7 Å². The van der Waals surface area contributed by atoms with E-state index in [4.69, 9.17) is 16.3 Å². The number of fused-ring (bicyclic) bond motifs is 1. The number of nitrogens with one attached hydrogen (secondary N) is 2. The minimum absolute atomic E-state index is 0.0124. The van der Waals surface area contributed by atoms with E-state index in [2.05, 4.69) is 29.1 Å². The number of nitrogens with zero attached hydrogens (tertiary/aromatic N) is 3. The summed E-state index contributed by atoms with van der Waals surface area (Å²) in [5.74, 6) is 1.48. The standard InChI is InChI=1S/C23H32ClN5O4/c1-4-6-7-15(5-2)12-25-22-26-20-19(21(31)27-23(32)28(20)3)29(22)13-17(30)14-33-18-10-8-16(24)9-11-18/h8-11,15,17,30H,4-7,12-14H2,1-3H3,(H,25,26)(H,27,31,32)/t15-,17+/m0/s1. The highest BCUT2D eigenvalue weighted by atomic mass is 35.5. The van der Waals surface area contributed by atoms with Crippen LogP contribution >= 0.6 is 11.6 Å². The van der Waals surface area contributed by atoms with Crippen molar-refractivity contribution in [1.29, 1.82) is 0 Å². The average molecular weight is 478 g/mol. The van der Waals surface area contributed by atoms with Crippen LogP contribution in [0.2, 0.25) is 5.02 Å². The fourth-order valence-corrected chi connectivity index (χ4v) is 3.84. The van der Waals surface area contributed by atoms with E-state index >= 15 is 0 Å². The van der Waals surface area contributed by atoms with E-state index in [1.807, 2.05) is 0 Å². The number of aryl methyl sites for hydroxylation is 1. The van der Waals surface area contributed by atoms with Gasteiger partial charge in [-0.3, -0.25) is 14.3 Å². The zero-order valence-corrected chi connectivity index (χ0v) is 20.1. The summed E-state index contributed by atoms with van der Waals surface area (Å²) in [7, 11) is 1.55. The van der Waals surface area contributed by atoms with Gasteiger partial charge in [0.05, 0.1) is 6.54 Å². The van der Waals surface area contributed by atoms with E-state index in [9.17, 15) is 14.7 Å². The Balaban J connectivity index is 1.84. The van der Waals surface area contributed by atoms with Crippen molar-refractivity contribution in [2.24, 2.45) is 13.0 Å². The minimum atomic E-state index is -0.919. The smallest absolute Gasteiger partial charge is 0.329 e. The molecule has 10 heteroatoms. The molecule has 3 N–H and O–H groups in total. The van der Waals surface area contributed by atoms with Crippen LogP contribution in [0.15, 0.2) is 33.9 Å². The molecule has 9 nitrogen and oxygen atoms in total. The number of ether oxygens (including phenoxy) is 1. The molecule has 0 aliphatic carbocycles. The number of imidazole rings is 1. The van der Waals surface area contributed by atoms with E-state index in [-0.39, 0.29) is 24.3 Å². The molecule has 1 aromatic carbocycles. The van der Waals surface area contributed by atoms with Gasteiger partial charge in [-0.2, -0.15) is 4.98 Å². The summed E-state index contributed by atoms with van der Waals surface area (Å²) >= 11 is 5.89. The van der Waals surface area contributed by atoms with Gasteiger partial charge in [0.25, 0.3) is 5.56 Å². The number of hydrogen-bond acceptors (Lipinski definition) is 6. The molecule has 180 valence electrons. The Morgan fingerprint density at radius 3 is 2.64 bits per heavy atom. The molecule has 0 saturated carbocycles. The lowest BCUT2D eigenvalue weighted by atomic mass is 9.99. The average Bonchev–Trinajstić information content (AvgIpc) is 3.16. The predicted molar refractivity (Wildman–Crippen MR) is 130 cm³/mol. The Hall–Kier alpha value is -2.78. The quantitative estimate of drug-likeness (QED) is 0.369. The molecule has 2 heterocycles. The van der Waals surface area contributed by atoms with Crippen LogP contribution in [0.5, 0.6) is 5.75 Å². The number of benzene rings is 1. The maximum absolute atomic E-state index is 12.6. The minimum Gasteiger partial charge on any atom is -0.491 e. The third-order valence-corrected chi connectivity index (χ3v) is 6.00. The molecule has 0 unspecified atom stereocenters. The first-order valence-corrected chi connectivity index (χ1v) is 11.7. The summed E-state index contributed by atoms with van der Waals surface area (Å²) in [6.45, 7) is 5.08. The first-order chi connectivity index (χ1) is 15.8. The fraction of sp³-hybridized carbons (Fsp3) is 0.522. The third-order valence-electron chi connectivity index (χ3n) is 5.75. The molecule has 0 radical (unpaired) electrons. The molecule has 0 amide bonds. The summed E-state index contributed by atoms with van der Waals surface area (Å²) < 4.78 is 8.57. The van der Waals surface area contributed by atoms with Crippen molar-refractivity contribution in [1.82, 2.24) is 19.1 Å². The second kappa shape index (κ2) is 11.4. The summed E-state index contributed by atoms with van der Waals surface area (Å²) in [5.41, 5.74) is -0.590. The predicted octanol–water partition coefficient (Wildman–Crippen LogP) is 3.14. The third kappa shape index (κ3) is 6.17. The summed E-state index contributed by atoms with van der Waals surface area (Å²) in [6.07, 6.45) is 3.47. The number of rotatable bonds is 12. The first-order valence-electron chi connectivity index (χ1n) is 11.3. The number of hydrogen-bond donors (Lipinski definition) is 3. The monoisotopic (exact) mass is 477 g/mol. The van der Waals surface area contributed by atoms with Gasteiger partial charge >= 0.3 is 5.69 Å². The van der Waals surface area contributed by atoms with Crippen molar-refractivity contribution in [2.75, 3.05) is 18.5 Å². The lowest BCUT2D eigenvalue weighted by Gasteiger charge is -2.18. The Morgan fingerprint density at radius 1 is 1.24 bits per heavy atom. The number of aromatic nitrogens is 4. The highest BCUT2D eigenvalue weighted by Crippen LogP contribution is 2.20. The van der Waals surface area contributed by atoms with Gasteiger partial charge < -0.3 is 19.7 Å². The molecule has 2 atom stereocenters. The molecule has 0 spiro atoms. The van der Waals surface area contributed by atoms with E-state index in [1.165, 1.54) is 4.57 Å². The number of anilines is 1. The van der Waals surface area contributed by atoms with Crippen LogP contribution in [-0.4, -0.2) is 43.5 Å². The number of H-pyrrole nitrogens is 1. The van der Waals surface area contributed by atoms with Crippen LogP contribution in [0.25, 0.3) is 11.2 Å². The van der Waals surface area contributed by atoms with Crippen LogP contribution in [0.1, 0.15) is 39.5 Å². The maximum atomic E-state index is 12.6. The molecule has 0 bridgehead atoms. The van der Waals surface area contributed by atoms with E-state index < -0.39 is 17.4 Å². The summed E-state index contributed by atoms with van der Waals surface area (Å²) in [4.78, 5) is 31.5. The van der Waals surface area contributed by atoms with E-state index in [0.717, 1.165) is 25.7 Å². The van der Waals surface area contributed by atoms with Gasteiger partial charge in [0.1, 0.15) is 18.5 Å². The molecule has 0 saturated heterocycles. The van der Waals surface area contributed by atoms with Gasteiger partial charge in [-0.15, -0.1) is 0 Å². The van der Waals surface area contributed by atoms with Gasteiger partial charge in [0.15, 0.2) is 11.2 Å². The van der Waals surface area contributed by atoms with E-state index in [1.54, 1.807) is 35.9 Å². The number of aromatic amines is 1. The SMILES string of the molecule is CCCC[C@H](CC)CNc1nc2c(c(=O)[nH]c(=O)n2C)n1C[C@@H](O)COc1ccc(Cl)cc1. The lowest BCUT2D eigenvalue weighted by molar-refractivity contribution is 0.0938. The second-order valence-electron chi connectivity index (χ2n) is 8.25. The van der Waals surface area contributed by atoms with Gasteiger partial charge in [0, 0.05) is 18.6 Å². The zero-order valence-electron chi connectivity index (χ0n) is 19.3. The van der Waals surface area contributed by atoms with Crippen molar-refractivity contribution >= 4 is 28.7 Å². The topological polar surface area (TPSA) is 114 Å². The van der Waals surface area contributed by atoms with Crippen molar-refractivity contribution in [3.8, 4) is 5.75 Å². The van der Waals surface area contributed by atoms with Crippen LogP contribution in [0.3, 0.4) is 0 Å². The fourth-order valence-electron chi connectivity index (χ4n) is 3.71. The number of unbranched alkanes of at least 4 members (excludes halogenated alkanes) is 1. The number of halogens is 1. The lowest BCUT2D eigenvalue weighted by Crippen LogP contribution is -2.31. The Bertz CT molecular complexity index is 1170. The van der Waals surface area contributed by atoms with Crippen molar-refractivity contribution in [3.05, 3.63) is 50.1 Å². The normalized spacial score (nSPS) is 13.2. The van der Waals surface area contributed by atoms with Gasteiger partial charge in [0.2, 0.25) is 5.95 Å². The highest BCUT2D eigenvalue weighted by molar-refractivity contribution is 6.30. The Labute approximate surface area is 197 Å². The van der Waals surface area contributed by atoms with E-state index in [0.29, 0.717) is 29.2 Å². The number of aliphatic hydroxyl groups excluding tert-OH is 1. The van der Waals surface area contributed by atoms with Crippen LogP contribution in [0, 0.1) is 5.92 Å². The molecular weight excluding hydrogens is 446 g/mol. The van der Waals surface area contributed by atoms with Crippen LogP contribution < -0.4 is 21.3 Å². The van der Waals surface area contributed by atoms with Crippen LogP contribution in [-0.2, 0) is 13.6 Å². The second-order valence-corrected chi connectivity index (χ2v) is 8.69. The van der Waals surface area contributed by atoms with Gasteiger partial charge in [-0.25, -0.2) is 4.79 Å². The molecule has 0 aliphatic rings. The number of aliphatic hydroxyl groups is 1. The molecule has 3 rings (SSSR count). The molecule has 0 fully saturated rings. The van der Waals surface area contributed by atoms with Crippen LogP contribution in [0.4, 0.5) is 5.95 Å². The molecule has 33 heavy (non-hydrogen) atoms. The first kappa shape index (κ1) is 24.9. The highest BCUT2D eigenvalue weighted by Gasteiger charge is 2.20. The Kier molecular flexibility index (Phi) is 8.57. The van der Waals surface area contributed by atoms with Crippen molar-refractivity contribution in [3.63, 3.8) is 0 Å². The van der Waals surface area contributed by atoms with Crippen molar-refractivity contribution in [2.45, 2.75) is 52.2 Å². The van der Waals surface area contributed by atoms with Crippen molar-refractivity contribution < 1.29 is 9.84 Å². The molecule has 0 aliphatic heterocycles. The molecule has 2 aromatic heterocycles. The summed E-state index contributed by atoms with van der Waals surface area (Å²) in [6, 6.07) is 6.85. The Morgan fingerprint density at radius 2 is 1.97 bits per heavy atom. The molecular formula is C23H32ClN5O4. The van der Waals surface area contributed by atoms with Gasteiger partial charge in [-0.05, 0) is 36.6 Å².